The van der Waals surface area contributed by atoms with E-state index in [1.54, 1.807) is 29.3 Å². The maximum Gasteiger partial charge on any atom is 0.415 e. The van der Waals surface area contributed by atoms with E-state index in [9.17, 15) is 14.4 Å². The van der Waals surface area contributed by atoms with E-state index in [1.165, 1.54) is 14.0 Å². The molecule has 9 heteroatoms. The van der Waals surface area contributed by atoms with E-state index >= 15 is 0 Å². The third kappa shape index (κ3) is 3.46. The summed E-state index contributed by atoms with van der Waals surface area (Å²) in [5, 5.41) is 2.67. The van der Waals surface area contributed by atoms with E-state index in [1.807, 2.05) is 12.1 Å². The van der Waals surface area contributed by atoms with Crippen molar-refractivity contribution >= 4 is 23.7 Å². The zero-order valence-electron chi connectivity index (χ0n) is 15.9. The van der Waals surface area contributed by atoms with Gasteiger partial charge in [-0.05, 0) is 23.8 Å². The topological polar surface area (TPSA) is 107 Å². The first-order valence-corrected chi connectivity index (χ1v) is 9.04. The number of carbonyl (C=O) groups is 3. The Kier molecular flexibility index (Phi) is 4.79. The van der Waals surface area contributed by atoms with Crippen LogP contribution in [0.5, 0.6) is 5.75 Å². The number of pyridine rings is 1. The molecule has 1 N–H and O–H groups in total. The van der Waals surface area contributed by atoms with Crippen LogP contribution in [0.15, 0.2) is 36.5 Å². The molecule has 1 saturated heterocycles. The summed E-state index contributed by atoms with van der Waals surface area (Å²) >= 11 is 0. The van der Waals surface area contributed by atoms with Crippen LogP contribution < -0.4 is 15.0 Å². The smallest absolute Gasteiger partial charge is 0.415 e. The van der Waals surface area contributed by atoms with Crippen molar-refractivity contribution in [2.45, 2.75) is 19.1 Å². The number of methoxy groups -OCH3 is 1. The first-order chi connectivity index (χ1) is 14.0. The van der Waals surface area contributed by atoms with Gasteiger partial charge in [0.15, 0.2) is 0 Å². The van der Waals surface area contributed by atoms with Gasteiger partial charge in [0.25, 0.3) is 0 Å². The van der Waals surface area contributed by atoms with Gasteiger partial charge >= 0.3 is 12.1 Å². The average Bonchev–Trinajstić information content (AvgIpc) is 3.07. The van der Waals surface area contributed by atoms with E-state index in [0.717, 1.165) is 11.1 Å². The number of esters is 1. The molecule has 1 aromatic carbocycles. The highest BCUT2D eigenvalue weighted by molar-refractivity contribution is 5.94. The number of ether oxygens (including phenoxy) is 3. The lowest BCUT2D eigenvalue weighted by atomic mass is 10.0. The van der Waals surface area contributed by atoms with Gasteiger partial charge < -0.3 is 19.5 Å². The lowest BCUT2D eigenvalue weighted by molar-refractivity contribution is -0.119. The predicted molar refractivity (Wildman–Crippen MR) is 102 cm³/mol. The molecule has 4 rings (SSSR count). The van der Waals surface area contributed by atoms with Crippen molar-refractivity contribution in [2.24, 2.45) is 0 Å². The van der Waals surface area contributed by atoms with E-state index in [4.69, 9.17) is 9.47 Å². The number of fused-ring (bicyclic) bond motifs is 3. The van der Waals surface area contributed by atoms with E-state index in [2.05, 4.69) is 15.0 Å². The Labute approximate surface area is 166 Å². The van der Waals surface area contributed by atoms with Crippen LogP contribution in [-0.2, 0) is 14.3 Å². The van der Waals surface area contributed by atoms with Gasteiger partial charge in [0, 0.05) is 18.7 Å². The Balaban J connectivity index is 1.57. The molecule has 0 aliphatic carbocycles. The minimum Gasteiger partial charge on any atom is -0.489 e. The number of amides is 2. The Morgan fingerprint density at radius 2 is 2.07 bits per heavy atom. The maximum atomic E-state index is 12.4. The molecule has 2 aliphatic heterocycles. The zero-order chi connectivity index (χ0) is 20.5. The summed E-state index contributed by atoms with van der Waals surface area (Å²) in [6, 6.07) is 8.48. The van der Waals surface area contributed by atoms with Gasteiger partial charge in [-0.3, -0.25) is 9.69 Å². The summed E-state index contributed by atoms with van der Waals surface area (Å²) in [5.74, 6) is -0.140. The molecule has 0 saturated carbocycles. The molecule has 2 aromatic rings. The Bertz CT molecular complexity index is 975. The number of nitrogens with one attached hydrogen (secondary N) is 1. The molecule has 9 nitrogen and oxygen atoms in total. The number of aromatic nitrogens is 1. The Morgan fingerprint density at radius 3 is 2.76 bits per heavy atom. The second-order valence-electron chi connectivity index (χ2n) is 6.71. The largest absolute Gasteiger partial charge is 0.489 e. The van der Waals surface area contributed by atoms with Gasteiger partial charge in [-0.2, -0.15) is 0 Å². The number of hydrogen-bond acceptors (Lipinski definition) is 7. The lowest BCUT2D eigenvalue weighted by Crippen LogP contribution is -2.47. The van der Waals surface area contributed by atoms with Crippen LogP contribution in [0.2, 0.25) is 0 Å². The van der Waals surface area contributed by atoms with Crippen LogP contribution in [0.4, 0.5) is 10.5 Å². The van der Waals surface area contributed by atoms with Gasteiger partial charge in [0.05, 0.1) is 19.3 Å². The van der Waals surface area contributed by atoms with Crippen molar-refractivity contribution in [3.05, 3.63) is 42.2 Å². The van der Waals surface area contributed by atoms with Crippen LogP contribution in [0.3, 0.4) is 0 Å². The van der Waals surface area contributed by atoms with Crippen molar-refractivity contribution in [1.29, 1.82) is 0 Å². The number of benzene rings is 1. The van der Waals surface area contributed by atoms with Crippen molar-refractivity contribution < 1.29 is 28.6 Å². The molecule has 1 aromatic heterocycles. The summed E-state index contributed by atoms with van der Waals surface area (Å²) in [6.45, 7) is 1.90. The van der Waals surface area contributed by atoms with E-state index < -0.39 is 18.2 Å². The van der Waals surface area contributed by atoms with Crippen molar-refractivity contribution in [3.8, 4) is 16.9 Å². The standard InChI is InChI=1S/C20H19N3O6/c1-11(24)21-9-18-16-10-28-17-7-12(4-6-15(17)23(16)20(26)29-18)13-3-5-14(22-8-13)19(25)27-2/h3-8,16,18H,9-10H2,1-2H3,(H,21,24). The zero-order valence-corrected chi connectivity index (χ0v) is 15.9. The van der Waals surface area contributed by atoms with Crippen molar-refractivity contribution in [1.82, 2.24) is 10.3 Å². The molecular formula is C20H19N3O6. The number of cyclic esters (lactones) is 1. The van der Waals surface area contributed by atoms with Gasteiger partial charge in [0.2, 0.25) is 5.91 Å². The molecule has 150 valence electrons. The fourth-order valence-corrected chi connectivity index (χ4v) is 3.42. The van der Waals surface area contributed by atoms with Gasteiger partial charge in [-0.25, -0.2) is 14.6 Å². The molecule has 2 aliphatic rings. The lowest BCUT2D eigenvalue weighted by Gasteiger charge is -2.31. The normalized spacial score (nSPS) is 19.5. The summed E-state index contributed by atoms with van der Waals surface area (Å²) in [5.41, 5.74) is 2.45. The summed E-state index contributed by atoms with van der Waals surface area (Å²) in [6.07, 6.45) is 0.633. The molecule has 2 atom stereocenters. The second-order valence-corrected chi connectivity index (χ2v) is 6.71. The molecule has 3 heterocycles. The third-order valence-electron chi connectivity index (χ3n) is 4.88. The van der Waals surface area contributed by atoms with Crippen LogP contribution in [0.25, 0.3) is 11.1 Å². The molecule has 2 amide bonds. The van der Waals surface area contributed by atoms with Crippen molar-refractivity contribution in [3.63, 3.8) is 0 Å². The van der Waals surface area contributed by atoms with Crippen LogP contribution in [0, 0.1) is 0 Å². The fraction of sp³-hybridized carbons (Fsp3) is 0.300. The third-order valence-corrected chi connectivity index (χ3v) is 4.88. The Morgan fingerprint density at radius 1 is 1.28 bits per heavy atom. The number of hydrogen-bond donors (Lipinski definition) is 1. The monoisotopic (exact) mass is 397 g/mol. The molecule has 29 heavy (non-hydrogen) atoms. The van der Waals surface area contributed by atoms with Gasteiger partial charge in [0.1, 0.15) is 30.2 Å². The molecule has 0 radical (unpaired) electrons. The highest BCUT2D eigenvalue weighted by Gasteiger charge is 2.46. The summed E-state index contributed by atoms with van der Waals surface area (Å²) in [4.78, 5) is 40.8. The number of nitrogens with zero attached hydrogens (tertiary/aromatic N) is 2. The molecule has 0 spiro atoms. The highest BCUT2D eigenvalue weighted by atomic mass is 16.6. The van der Waals surface area contributed by atoms with Crippen LogP contribution >= 0.6 is 0 Å². The van der Waals surface area contributed by atoms with Crippen molar-refractivity contribution in [2.75, 3.05) is 25.2 Å². The minimum atomic E-state index is -0.502. The molecule has 2 unspecified atom stereocenters. The highest BCUT2D eigenvalue weighted by Crippen LogP contribution is 2.40. The molecule has 1 fully saturated rings. The van der Waals surface area contributed by atoms with E-state index in [0.29, 0.717) is 11.4 Å². The average molecular weight is 397 g/mol. The van der Waals surface area contributed by atoms with Crippen LogP contribution in [0.1, 0.15) is 17.4 Å². The number of anilines is 1. The second kappa shape index (κ2) is 7.42. The number of carbonyl (C=O) groups excluding carboxylic acids is 3. The Hall–Kier alpha value is -3.62. The molecule has 0 bridgehead atoms. The predicted octanol–water partition coefficient (Wildman–Crippen LogP) is 1.76. The van der Waals surface area contributed by atoms with Crippen LogP contribution in [-0.4, -0.2) is 55.4 Å². The summed E-state index contributed by atoms with van der Waals surface area (Å²) in [7, 11) is 1.30. The SMILES string of the molecule is COC(=O)c1ccc(-c2ccc3c(c2)OCC2C(CNC(C)=O)OC(=O)N32)cn1. The quantitative estimate of drug-likeness (QED) is 0.784. The van der Waals surface area contributed by atoms with Gasteiger partial charge in [-0.1, -0.05) is 12.1 Å². The minimum absolute atomic E-state index is 0.187. The first kappa shape index (κ1) is 18.7. The molecular weight excluding hydrogens is 378 g/mol. The maximum absolute atomic E-state index is 12.4. The number of rotatable bonds is 4. The fourth-order valence-electron chi connectivity index (χ4n) is 3.42. The van der Waals surface area contributed by atoms with E-state index in [-0.39, 0.29) is 30.8 Å². The van der Waals surface area contributed by atoms with Gasteiger partial charge in [-0.15, -0.1) is 0 Å². The first-order valence-electron chi connectivity index (χ1n) is 9.04. The summed E-state index contributed by atoms with van der Waals surface area (Å²) < 4.78 is 15.9.